The molecule has 0 bridgehead atoms. The Morgan fingerprint density at radius 2 is 1.68 bits per heavy atom. The first kappa shape index (κ1) is 23.6. The third-order valence-electron chi connectivity index (χ3n) is 5.58. The summed E-state index contributed by atoms with van der Waals surface area (Å²) in [6.45, 7) is 4.74. The van der Waals surface area contributed by atoms with E-state index in [1.54, 1.807) is 11.0 Å². The van der Waals surface area contributed by atoms with Crippen molar-refractivity contribution in [3.63, 3.8) is 0 Å². The molecule has 0 radical (unpaired) electrons. The zero-order valence-electron chi connectivity index (χ0n) is 18.8. The van der Waals surface area contributed by atoms with Crippen LogP contribution in [-0.4, -0.2) is 52.0 Å². The minimum atomic E-state index is -4.06. The Hall–Kier alpha value is -3.59. The average molecular weight is 484 g/mol. The highest BCUT2D eigenvalue weighted by Crippen LogP contribution is 2.29. The summed E-state index contributed by atoms with van der Waals surface area (Å²) in [4.78, 5) is 16.9. The number of amides is 1. The normalized spacial score (nSPS) is 14.1. The number of hydrogen-bond acceptors (Lipinski definition) is 5. The monoisotopic (exact) mass is 483 g/mol. The summed E-state index contributed by atoms with van der Waals surface area (Å²) in [5, 5.41) is 0. The number of anilines is 2. The summed E-state index contributed by atoms with van der Waals surface area (Å²) < 4.78 is 47.4. The number of sulfonamides is 1. The number of para-hydroxylation sites is 3. The zero-order valence-corrected chi connectivity index (χ0v) is 19.6. The molecule has 0 atom stereocenters. The van der Waals surface area contributed by atoms with Crippen LogP contribution in [0.3, 0.4) is 0 Å². The number of carbonyl (C=O) groups excluding carboxylic acids is 1. The molecule has 7 nitrogen and oxygen atoms in total. The van der Waals surface area contributed by atoms with Crippen molar-refractivity contribution in [3.05, 3.63) is 84.2 Å². The van der Waals surface area contributed by atoms with E-state index in [2.05, 4.69) is 9.62 Å². The first-order valence-electron chi connectivity index (χ1n) is 11.0. The highest BCUT2D eigenvalue weighted by atomic mass is 32.2. The molecule has 1 amide bonds. The van der Waals surface area contributed by atoms with Crippen LogP contribution in [0.1, 0.15) is 17.3 Å². The lowest BCUT2D eigenvalue weighted by molar-refractivity contribution is 0.0746. The molecular weight excluding hydrogens is 457 g/mol. The van der Waals surface area contributed by atoms with Crippen LogP contribution in [0.5, 0.6) is 5.75 Å². The largest absolute Gasteiger partial charge is 0.492 e. The Morgan fingerprint density at radius 3 is 2.41 bits per heavy atom. The van der Waals surface area contributed by atoms with Crippen molar-refractivity contribution in [1.82, 2.24) is 4.90 Å². The van der Waals surface area contributed by atoms with Crippen molar-refractivity contribution in [2.24, 2.45) is 0 Å². The number of halogens is 1. The predicted molar refractivity (Wildman–Crippen MR) is 129 cm³/mol. The van der Waals surface area contributed by atoms with Crippen LogP contribution < -0.4 is 14.4 Å². The lowest BCUT2D eigenvalue weighted by Crippen LogP contribution is -2.48. The predicted octanol–water partition coefficient (Wildman–Crippen LogP) is 3.99. The second-order valence-corrected chi connectivity index (χ2v) is 9.48. The fraction of sp³-hybridized carbons (Fsp3) is 0.240. The van der Waals surface area contributed by atoms with Gasteiger partial charge in [-0.2, -0.15) is 0 Å². The number of hydrogen-bond donors (Lipinski definition) is 1. The summed E-state index contributed by atoms with van der Waals surface area (Å²) in [6.07, 6.45) is 0. The Morgan fingerprint density at radius 1 is 0.971 bits per heavy atom. The highest BCUT2D eigenvalue weighted by Gasteiger charge is 2.25. The third-order valence-corrected chi connectivity index (χ3v) is 6.95. The average Bonchev–Trinajstić information content (AvgIpc) is 2.86. The lowest BCUT2D eigenvalue weighted by Gasteiger charge is -2.36. The van der Waals surface area contributed by atoms with Gasteiger partial charge in [-0.15, -0.1) is 0 Å². The van der Waals surface area contributed by atoms with E-state index < -0.39 is 15.8 Å². The topological polar surface area (TPSA) is 79.0 Å². The van der Waals surface area contributed by atoms with Crippen molar-refractivity contribution < 1.29 is 22.3 Å². The van der Waals surface area contributed by atoms with Crippen molar-refractivity contribution in [2.75, 3.05) is 42.4 Å². The number of rotatable bonds is 7. The molecule has 1 aliphatic rings. The van der Waals surface area contributed by atoms with Crippen molar-refractivity contribution >= 4 is 27.3 Å². The molecule has 0 aliphatic carbocycles. The molecule has 1 N–H and O–H groups in total. The molecule has 0 unspecified atom stereocenters. The van der Waals surface area contributed by atoms with Gasteiger partial charge in [-0.1, -0.05) is 30.3 Å². The summed E-state index contributed by atoms with van der Waals surface area (Å²) >= 11 is 0. The van der Waals surface area contributed by atoms with Gasteiger partial charge in [0.15, 0.2) is 0 Å². The van der Waals surface area contributed by atoms with Gasteiger partial charge in [0.05, 0.1) is 22.9 Å². The van der Waals surface area contributed by atoms with Gasteiger partial charge >= 0.3 is 0 Å². The summed E-state index contributed by atoms with van der Waals surface area (Å²) in [5.74, 6) is -0.118. The SMILES string of the molecule is CCOc1ccccc1N1CCN(C(=O)c2cccc(S(=O)(=O)Nc3ccccc3F)c2)CC1. The van der Waals surface area contributed by atoms with E-state index in [0.717, 1.165) is 11.4 Å². The smallest absolute Gasteiger partial charge is 0.262 e. The number of nitrogens with zero attached hydrogens (tertiary/aromatic N) is 2. The number of benzene rings is 3. The van der Waals surface area contributed by atoms with Crippen LogP contribution >= 0.6 is 0 Å². The first-order chi connectivity index (χ1) is 16.4. The number of carbonyl (C=O) groups is 1. The minimum Gasteiger partial charge on any atom is -0.492 e. The summed E-state index contributed by atoms with van der Waals surface area (Å²) in [5.41, 5.74) is 1.10. The molecule has 1 aliphatic heterocycles. The molecule has 4 rings (SSSR count). The molecular formula is C25H26FN3O4S. The van der Waals surface area contributed by atoms with Crippen LogP contribution in [0.15, 0.2) is 77.7 Å². The Balaban J connectivity index is 1.46. The van der Waals surface area contributed by atoms with Gasteiger partial charge in [-0.25, -0.2) is 12.8 Å². The van der Waals surface area contributed by atoms with Crippen LogP contribution in [0, 0.1) is 5.82 Å². The lowest BCUT2D eigenvalue weighted by atomic mass is 10.1. The Bertz CT molecular complexity index is 1270. The van der Waals surface area contributed by atoms with E-state index in [4.69, 9.17) is 4.74 Å². The molecule has 1 saturated heterocycles. The Labute approximate surface area is 198 Å². The standard InChI is InChI=1S/C25H26FN3O4S/c1-2-33-24-13-6-5-12-23(24)28-14-16-29(17-15-28)25(30)19-8-7-9-20(18-19)34(31,32)27-22-11-4-3-10-21(22)26/h3-13,18,27H,2,14-17H2,1H3. The maximum absolute atomic E-state index is 13.9. The maximum atomic E-state index is 13.9. The third kappa shape index (κ3) is 5.14. The molecule has 3 aromatic carbocycles. The second-order valence-electron chi connectivity index (χ2n) is 7.79. The van der Waals surface area contributed by atoms with Crippen LogP contribution in [0.25, 0.3) is 0 Å². The fourth-order valence-corrected chi connectivity index (χ4v) is 4.99. The van der Waals surface area contributed by atoms with Gasteiger partial charge in [0.1, 0.15) is 11.6 Å². The minimum absolute atomic E-state index is 0.106. The van der Waals surface area contributed by atoms with E-state index in [-0.39, 0.29) is 22.1 Å². The summed E-state index contributed by atoms with van der Waals surface area (Å²) in [6, 6.07) is 19.1. The number of ether oxygens (including phenoxy) is 1. The van der Waals surface area contributed by atoms with Gasteiger partial charge in [0.25, 0.3) is 15.9 Å². The van der Waals surface area contributed by atoms with Crippen molar-refractivity contribution in [2.45, 2.75) is 11.8 Å². The van der Waals surface area contributed by atoms with Crippen LogP contribution in [0.2, 0.25) is 0 Å². The Kier molecular flexibility index (Phi) is 7.02. The molecule has 0 aromatic heterocycles. The molecule has 34 heavy (non-hydrogen) atoms. The van der Waals surface area contributed by atoms with Crippen molar-refractivity contribution in [1.29, 1.82) is 0 Å². The molecule has 9 heteroatoms. The molecule has 0 saturated carbocycles. The van der Waals surface area contributed by atoms with E-state index in [9.17, 15) is 17.6 Å². The molecule has 0 spiro atoms. The van der Waals surface area contributed by atoms with E-state index >= 15 is 0 Å². The van der Waals surface area contributed by atoms with Gasteiger partial charge in [0.2, 0.25) is 0 Å². The number of nitrogens with one attached hydrogen (secondary N) is 1. The van der Waals surface area contributed by atoms with E-state index in [1.165, 1.54) is 42.5 Å². The van der Waals surface area contributed by atoms with Crippen LogP contribution in [-0.2, 0) is 10.0 Å². The highest BCUT2D eigenvalue weighted by molar-refractivity contribution is 7.92. The van der Waals surface area contributed by atoms with Crippen LogP contribution in [0.4, 0.5) is 15.8 Å². The van der Waals surface area contributed by atoms with E-state index in [1.807, 2.05) is 31.2 Å². The first-order valence-corrected chi connectivity index (χ1v) is 12.5. The van der Waals surface area contributed by atoms with Gasteiger partial charge in [-0.3, -0.25) is 9.52 Å². The quantitative estimate of drug-likeness (QED) is 0.550. The summed E-state index contributed by atoms with van der Waals surface area (Å²) in [7, 11) is -4.06. The zero-order chi connectivity index (χ0) is 24.1. The van der Waals surface area contributed by atoms with Crippen molar-refractivity contribution in [3.8, 4) is 5.75 Å². The van der Waals surface area contributed by atoms with Gasteiger partial charge < -0.3 is 14.5 Å². The van der Waals surface area contributed by atoms with Gasteiger partial charge in [0, 0.05) is 31.7 Å². The number of piperazine rings is 1. The molecule has 178 valence electrons. The van der Waals surface area contributed by atoms with Gasteiger partial charge in [-0.05, 0) is 49.4 Å². The fourth-order valence-electron chi connectivity index (χ4n) is 3.87. The molecule has 1 fully saturated rings. The second kappa shape index (κ2) is 10.1. The molecule has 1 heterocycles. The molecule has 3 aromatic rings. The van der Waals surface area contributed by atoms with E-state index in [0.29, 0.717) is 32.8 Å². The maximum Gasteiger partial charge on any atom is 0.262 e.